The summed E-state index contributed by atoms with van der Waals surface area (Å²) < 4.78 is 9.46. The van der Waals surface area contributed by atoms with Crippen molar-refractivity contribution in [1.82, 2.24) is 0 Å². The summed E-state index contributed by atoms with van der Waals surface area (Å²) >= 11 is 0. The number of esters is 1. The largest absolute Gasteiger partial charge is 0.496 e. The molecular formula is C13H12O5. The Morgan fingerprint density at radius 2 is 2.06 bits per heavy atom. The van der Waals surface area contributed by atoms with E-state index < -0.39 is 11.9 Å². The number of hydrogen-bond donors (Lipinski definition) is 1. The third-order valence-electron chi connectivity index (χ3n) is 2.12. The Morgan fingerprint density at radius 1 is 1.33 bits per heavy atom. The highest BCUT2D eigenvalue weighted by Gasteiger charge is 2.07. The van der Waals surface area contributed by atoms with E-state index in [4.69, 9.17) is 9.84 Å². The average Bonchev–Trinajstić information content (AvgIpc) is 2.36. The van der Waals surface area contributed by atoms with Crippen LogP contribution in [0.3, 0.4) is 0 Å². The molecule has 0 bridgehead atoms. The molecule has 0 fully saturated rings. The SMILES string of the molecule is COC(=O)C#Cc1ccc(CC(=O)O)c(OC)c1. The molecule has 0 amide bonds. The maximum absolute atomic E-state index is 10.8. The molecule has 0 aliphatic heterocycles. The molecule has 0 heterocycles. The van der Waals surface area contributed by atoms with E-state index in [1.165, 1.54) is 14.2 Å². The molecule has 1 N–H and O–H groups in total. The predicted octanol–water partition coefficient (Wildman–Crippen LogP) is 0.847. The van der Waals surface area contributed by atoms with Gasteiger partial charge in [-0.25, -0.2) is 4.79 Å². The lowest BCUT2D eigenvalue weighted by Gasteiger charge is -2.06. The molecule has 94 valence electrons. The fraction of sp³-hybridized carbons (Fsp3) is 0.231. The molecule has 1 aromatic carbocycles. The highest BCUT2D eigenvalue weighted by Crippen LogP contribution is 2.20. The van der Waals surface area contributed by atoms with Crippen molar-refractivity contribution in [1.29, 1.82) is 0 Å². The van der Waals surface area contributed by atoms with Gasteiger partial charge in [0.05, 0.1) is 20.6 Å². The second-order valence-corrected chi connectivity index (χ2v) is 3.34. The zero-order valence-corrected chi connectivity index (χ0v) is 10.0. The molecular weight excluding hydrogens is 236 g/mol. The molecule has 0 radical (unpaired) electrons. The van der Waals surface area contributed by atoms with Crippen LogP contribution in [-0.2, 0) is 20.7 Å². The van der Waals surface area contributed by atoms with E-state index in [2.05, 4.69) is 16.6 Å². The summed E-state index contributed by atoms with van der Waals surface area (Å²) in [5.41, 5.74) is 1.10. The third-order valence-corrected chi connectivity index (χ3v) is 2.12. The molecule has 0 saturated carbocycles. The van der Waals surface area contributed by atoms with Crippen molar-refractivity contribution in [2.45, 2.75) is 6.42 Å². The molecule has 1 aromatic rings. The van der Waals surface area contributed by atoms with E-state index in [1.807, 2.05) is 0 Å². The van der Waals surface area contributed by atoms with Gasteiger partial charge in [-0.3, -0.25) is 4.79 Å². The van der Waals surface area contributed by atoms with Crippen molar-refractivity contribution in [2.24, 2.45) is 0 Å². The lowest BCUT2D eigenvalue weighted by Crippen LogP contribution is -2.02. The normalized spacial score (nSPS) is 9.00. The average molecular weight is 248 g/mol. The van der Waals surface area contributed by atoms with Gasteiger partial charge in [0.2, 0.25) is 0 Å². The molecule has 0 aliphatic carbocycles. The zero-order chi connectivity index (χ0) is 13.5. The maximum Gasteiger partial charge on any atom is 0.384 e. The minimum absolute atomic E-state index is 0.131. The van der Waals surface area contributed by atoms with Crippen LogP contribution in [0.5, 0.6) is 5.75 Å². The Balaban J connectivity index is 3.00. The van der Waals surface area contributed by atoms with Gasteiger partial charge in [0, 0.05) is 17.0 Å². The summed E-state index contributed by atoms with van der Waals surface area (Å²) in [7, 11) is 2.69. The number of methoxy groups -OCH3 is 2. The maximum atomic E-state index is 10.8. The summed E-state index contributed by atoms with van der Waals surface area (Å²) in [5, 5.41) is 8.72. The van der Waals surface area contributed by atoms with Gasteiger partial charge in [-0.15, -0.1) is 0 Å². The highest BCUT2D eigenvalue weighted by molar-refractivity contribution is 5.89. The van der Waals surface area contributed by atoms with E-state index in [1.54, 1.807) is 18.2 Å². The van der Waals surface area contributed by atoms with Gasteiger partial charge in [-0.05, 0) is 12.1 Å². The number of benzene rings is 1. The van der Waals surface area contributed by atoms with Gasteiger partial charge in [-0.2, -0.15) is 0 Å². The van der Waals surface area contributed by atoms with Crippen molar-refractivity contribution in [2.75, 3.05) is 14.2 Å². The van der Waals surface area contributed by atoms with Gasteiger partial charge >= 0.3 is 11.9 Å². The fourth-order valence-corrected chi connectivity index (χ4v) is 1.31. The molecule has 18 heavy (non-hydrogen) atoms. The Labute approximate surface area is 104 Å². The summed E-state index contributed by atoms with van der Waals surface area (Å²) in [5.74, 6) is 3.72. The van der Waals surface area contributed by atoms with Crippen LogP contribution in [0, 0.1) is 11.8 Å². The predicted molar refractivity (Wildman–Crippen MR) is 63.2 cm³/mol. The molecule has 0 aromatic heterocycles. The molecule has 0 unspecified atom stereocenters. The van der Waals surface area contributed by atoms with E-state index in [0.29, 0.717) is 16.9 Å². The van der Waals surface area contributed by atoms with Crippen molar-refractivity contribution < 1.29 is 24.2 Å². The lowest BCUT2D eigenvalue weighted by molar-refractivity contribution is -0.136. The van der Waals surface area contributed by atoms with Crippen LogP contribution >= 0.6 is 0 Å². The summed E-state index contributed by atoms with van der Waals surface area (Å²) in [4.78, 5) is 21.5. The van der Waals surface area contributed by atoms with Crippen LogP contribution in [0.2, 0.25) is 0 Å². The number of ether oxygens (including phenoxy) is 2. The van der Waals surface area contributed by atoms with Crippen molar-refractivity contribution in [3.05, 3.63) is 29.3 Å². The molecule has 5 nitrogen and oxygen atoms in total. The first-order valence-corrected chi connectivity index (χ1v) is 5.05. The molecule has 0 atom stereocenters. The summed E-state index contributed by atoms with van der Waals surface area (Å²) in [6, 6.07) is 4.80. The van der Waals surface area contributed by atoms with Crippen LogP contribution in [0.15, 0.2) is 18.2 Å². The number of carboxylic acid groups (broad SMARTS) is 1. The number of carboxylic acids is 1. The number of rotatable bonds is 3. The van der Waals surface area contributed by atoms with Crippen molar-refractivity contribution in [3.8, 4) is 17.6 Å². The first kappa shape index (κ1) is 13.6. The smallest absolute Gasteiger partial charge is 0.384 e. The van der Waals surface area contributed by atoms with Gasteiger partial charge < -0.3 is 14.6 Å². The van der Waals surface area contributed by atoms with Gasteiger partial charge in [0.1, 0.15) is 5.75 Å². The van der Waals surface area contributed by atoms with E-state index >= 15 is 0 Å². The van der Waals surface area contributed by atoms with Crippen molar-refractivity contribution >= 4 is 11.9 Å². The van der Waals surface area contributed by atoms with Gasteiger partial charge in [0.15, 0.2) is 0 Å². The van der Waals surface area contributed by atoms with Gasteiger partial charge in [0.25, 0.3) is 0 Å². The number of carbonyl (C=O) groups excluding carboxylic acids is 1. The molecule has 0 spiro atoms. The Bertz CT molecular complexity index is 522. The Morgan fingerprint density at radius 3 is 2.61 bits per heavy atom. The van der Waals surface area contributed by atoms with Crippen LogP contribution in [0.1, 0.15) is 11.1 Å². The first-order valence-electron chi connectivity index (χ1n) is 5.05. The van der Waals surface area contributed by atoms with E-state index in [0.717, 1.165) is 0 Å². The number of carbonyl (C=O) groups is 2. The van der Waals surface area contributed by atoms with E-state index in [-0.39, 0.29) is 6.42 Å². The second kappa shape index (κ2) is 6.30. The number of aliphatic carboxylic acids is 1. The Hall–Kier alpha value is -2.48. The summed E-state index contributed by atoms with van der Waals surface area (Å²) in [6.45, 7) is 0. The van der Waals surface area contributed by atoms with Crippen LogP contribution in [0.25, 0.3) is 0 Å². The number of hydrogen-bond acceptors (Lipinski definition) is 4. The minimum atomic E-state index is -0.943. The molecule has 1 rings (SSSR count). The second-order valence-electron chi connectivity index (χ2n) is 3.34. The molecule has 0 saturated heterocycles. The molecule has 0 aliphatic rings. The fourth-order valence-electron chi connectivity index (χ4n) is 1.31. The Kier molecular flexibility index (Phi) is 4.76. The third kappa shape index (κ3) is 3.83. The zero-order valence-electron chi connectivity index (χ0n) is 10.0. The van der Waals surface area contributed by atoms with Crippen LogP contribution in [0.4, 0.5) is 0 Å². The lowest BCUT2D eigenvalue weighted by atomic mass is 10.1. The topological polar surface area (TPSA) is 72.8 Å². The highest BCUT2D eigenvalue weighted by atomic mass is 16.5. The van der Waals surface area contributed by atoms with Crippen LogP contribution in [-0.4, -0.2) is 31.3 Å². The van der Waals surface area contributed by atoms with Crippen LogP contribution < -0.4 is 4.74 Å². The van der Waals surface area contributed by atoms with Gasteiger partial charge in [-0.1, -0.05) is 12.0 Å². The monoisotopic (exact) mass is 248 g/mol. The summed E-state index contributed by atoms with van der Waals surface area (Å²) in [6.07, 6.45) is -0.131. The van der Waals surface area contributed by atoms with E-state index in [9.17, 15) is 9.59 Å². The first-order chi connectivity index (χ1) is 8.56. The minimum Gasteiger partial charge on any atom is -0.496 e. The standard InChI is InChI=1S/C13H12O5/c1-17-11-7-9(4-6-13(16)18-2)3-5-10(11)8-12(14)15/h3,5,7H,8H2,1-2H3,(H,14,15). The quantitative estimate of drug-likeness (QED) is 0.634. The van der Waals surface area contributed by atoms with Crippen molar-refractivity contribution in [3.63, 3.8) is 0 Å². The molecule has 5 heteroatoms.